The third-order valence-electron chi connectivity index (χ3n) is 5.71. The fraction of sp³-hybridized carbons (Fsp3) is 0.391. The third-order valence-corrected chi connectivity index (χ3v) is 6.75. The number of piperazine rings is 1. The predicted octanol–water partition coefficient (Wildman–Crippen LogP) is 3.65. The van der Waals surface area contributed by atoms with Crippen LogP contribution in [0.5, 0.6) is 0 Å². The van der Waals surface area contributed by atoms with Crippen LogP contribution in [0.3, 0.4) is 0 Å². The Labute approximate surface area is 199 Å². The quantitative estimate of drug-likeness (QED) is 0.493. The lowest BCUT2D eigenvalue weighted by atomic mass is 10.1. The molecule has 7 nitrogen and oxygen atoms in total. The maximum absolute atomic E-state index is 12.8. The Balaban J connectivity index is 1.37. The zero-order valence-electron chi connectivity index (χ0n) is 18.5. The number of hydrogen-bond donors (Lipinski definition) is 0. The van der Waals surface area contributed by atoms with Crippen LogP contribution in [-0.4, -0.2) is 66.7 Å². The molecule has 34 heavy (non-hydrogen) atoms. The molecule has 11 heteroatoms. The molecule has 0 radical (unpaired) electrons. The monoisotopic (exact) mass is 488 g/mol. The van der Waals surface area contributed by atoms with Crippen LogP contribution >= 0.6 is 11.3 Å². The molecule has 3 heterocycles. The summed E-state index contributed by atoms with van der Waals surface area (Å²) >= 11 is 1.03. The first-order valence-corrected chi connectivity index (χ1v) is 11.5. The summed E-state index contributed by atoms with van der Waals surface area (Å²) in [4.78, 5) is 27.6. The van der Waals surface area contributed by atoms with E-state index in [2.05, 4.69) is 16.0 Å². The molecule has 0 bridgehead atoms. The number of thiophene rings is 1. The number of nitriles is 1. The SMILES string of the molecule is CN(CC#N)c1ccc(CC(=O)N2CCN(c3ncnc4sc(CC(F)(F)F)cc34)CC2)cc1. The van der Waals surface area contributed by atoms with Crippen LogP contribution in [0.25, 0.3) is 10.2 Å². The molecular weight excluding hydrogens is 465 g/mol. The molecule has 1 aromatic carbocycles. The predicted molar refractivity (Wildman–Crippen MR) is 125 cm³/mol. The zero-order valence-corrected chi connectivity index (χ0v) is 19.4. The molecule has 178 valence electrons. The second-order valence-corrected chi connectivity index (χ2v) is 9.26. The minimum atomic E-state index is -4.27. The van der Waals surface area contributed by atoms with Gasteiger partial charge in [-0.3, -0.25) is 4.79 Å². The Kier molecular flexibility index (Phi) is 6.88. The number of benzene rings is 1. The van der Waals surface area contributed by atoms with Crippen molar-refractivity contribution in [3.63, 3.8) is 0 Å². The molecule has 1 saturated heterocycles. The minimum absolute atomic E-state index is 0.0219. The van der Waals surface area contributed by atoms with Gasteiger partial charge in [0.15, 0.2) is 0 Å². The van der Waals surface area contributed by atoms with E-state index in [0.29, 0.717) is 42.2 Å². The van der Waals surface area contributed by atoms with Crippen LogP contribution in [0.2, 0.25) is 0 Å². The first-order valence-electron chi connectivity index (χ1n) is 10.7. The Hall–Kier alpha value is -3.39. The van der Waals surface area contributed by atoms with Crippen LogP contribution in [0.15, 0.2) is 36.7 Å². The van der Waals surface area contributed by atoms with Crippen molar-refractivity contribution in [3.05, 3.63) is 47.1 Å². The van der Waals surface area contributed by atoms with Crippen molar-refractivity contribution in [3.8, 4) is 6.07 Å². The van der Waals surface area contributed by atoms with Gasteiger partial charge in [-0.25, -0.2) is 9.97 Å². The number of anilines is 2. The van der Waals surface area contributed by atoms with Crippen LogP contribution in [0, 0.1) is 11.3 Å². The van der Waals surface area contributed by atoms with Crippen LogP contribution < -0.4 is 9.80 Å². The summed E-state index contributed by atoms with van der Waals surface area (Å²) in [5.41, 5.74) is 1.81. The number of alkyl halides is 3. The number of hydrogen-bond acceptors (Lipinski definition) is 7. The number of nitrogens with zero attached hydrogens (tertiary/aromatic N) is 6. The molecule has 0 N–H and O–H groups in total. The standard InChI is InChI=1S/C23H23F3N6OS/c1-30(7-6-27)17-4-2-16(3-5-17)12-20(33)31-8-10-32(11-9-31)21-19-13-18(14-23(24,25)26)34-22(19)29-15-28-21/h2-5,13,15H,7-12,14H2,1H3. The number of aromatic nitrogens is 2. The maximum Gasteiger partial charge on any atom is 0.393 e. The second-order valence-electron chi connectivity index (χ2n) is 8.15. The van der Waals surface area contributed by atoms with Gasteiger partial charge in [0.2, 0.25) is 5.91 Å². The van der Waals surface area contributed by atoms with E-state index < -0.39 is 12.6 Å². The zero-order chi connectivity index (χ0) is 24.3. The van der Waals surface area contributed by atoms with E-state index in [9.17, 15) is 18.0 Å². The summed E-state index contributed by atoms with van der Waals surface area (Å²) in [7, 11) is 1.83. The highest BCUT2D eigenvalue weighted by Crippen LogP contribution is 2.34. The van der Waals surface area contributed by atoms with Gasteiger partial charge < -0.3 is 14.7 Å². The van der Waals surface area contributed by atoms with Crippen LogP contribution in [0.4, 0.5) is 24.7 Å². The first-order chi connectivity index (χ1) is 16.2. The highest BCUT2D eigenvalue weighted by molar-refractivity contribution is 7.18. The lowest BCUT2D eigenvalue weighted by Crippen LogP contribution is -2.49. The summed E-state index contributed by atoms with van der Waals surface area (Å²) in [6.07, 6.45) is -3.59. The molecule has 1 aliphatic heterocycles. The summed E-state index contributed by atoms with van der Waals surface area (Å²) < 4.78 is 38.4. The van der Waals surface area contributed by atoms with Crippen molar-refractivity contribution in [2.24, 2.45) is 0 Å². The Morgan fingerprint density at radius 3 is 2.53 bits per heavy atom. The molecule has 1 amide bonds. The molecule has 0 saturated carbocycles. The Bertz CT molecular complexity index is 1200. The van der Waals surface area contributed by atoms with Crippen molar-refractivity contribution >= 4 is 39.0 Å². The summed E-state index contributed by atoms with van der Waals surface area (Å²) in [6, 6.07) is 11.2. The van der Waals surface area contributed by atoms with E-state index in [0.717, 1.165) is 22.6 Å². The van der Waals surface area contributed by atoms with Crippen LogP contribution in [0.1, 0.15) is 10.4 Å². The number of carbonyl (C=O) groups is 1. The van der Waals surface area contributed by atoms with E-state index in [1.54, 1.807) is 4.90 Å². The molecule has 0 spiro atoms. The Morgan fingerprint density at radius 2 is 1.88 bits per heavy atom. The van der Waals surface area contributed by atoms with Gasteiger partial charge in [0, 0.05) is 43.8 Å². The number of amides is 1. The van der Waals surface area contributed by atoms with Crippen molar-refractivity contribution in [2.45, 2.75) is 19.0 Å². The number of rotatable bonds is 6. The van der Waals surface area contributed by atoms with Gasteiger partial charge in [-0.2, -0.15) is 18.4 Å². The highest BCUT2D eigenvalue weighted by Gasteiger charge is 2.30. The minimum Gasteiger partial charge on any atom is -0.361 e. The fourth-order valence-electron chi connectivity index (χ4n) is 3.95. The topological polar surface area (TPSA) is 76.4 Å². The smallest absolute Gasteiger partial charge is 0.361 e. The number of fused-ring (bicyclic) bond motifs is 1. The first kappa shape index (κ1) is 23.8. The van der Waals surface area contributed by atoms with Gasteiger partial charge in [-0.1, -0.05) is 12.1 Å². The molecule has 1 aliphatic rings. The number of carbonyl (C=O) groups excluding carboxylic acids is 1. The Morgan fingerprint density at radius 1 is 1.18 bits per heavy atom. The summed E-state index contributed by atoms with van der Waals surface area (Å²) in [5.74, 6) is 0.632. The third kappa shape index (κ3) is 5.56. The van der Waals surface area contributed by atoms with E-state index in [-0.39, 0.29) is 23.7 Å². The van der Waals surface area contributed by atoms with E-state index in [4.69, 9.17) is 5.26 Å². The van der Waals surface area contributed by atoms with Gasteiger partial charge in [-0.05, 0) is 23.8 Å². The maximum atomic E-state index is 12.8. The van der Waals surface area contributed by atoms with Gasteiger partial charge in [0.05, 0.1) is 24.3 Å². The van der Waals surface area contributed by atoms with Crippen molar-refractivity contribution in [1.29, 1.82) is 5.26 Å². The molecule has 1 fully saturated rings. The molecule has 3 aromatic rings. The lowest BCUT2D eigenvalue weighted by Gasteiger charge is -2.35. The molecule has 0 atom stereocenters. The van der Waals surface area contributed by atoms with Gasteiger partial charge in [0.25, 0.3) is 0 Å². The largest absolute Gasteiger partial charge is 0.393 e. The van der Waals surface area contributed by atoms with E-state index >= 15 is 0 Å². The van der Waals surface area contributed by atoms with Crippen molar-refractivity contribution in [1.82, 2.24) is 14.9 Å². The average Bonchev–Trinajstić information content (AvgIpc) is 3.20. The molecule has 0 aliphatic carbocycles. The second kappa shape index (κ2) is 9.85. The normalized spacial score (nSPS) is 14.3. The lowest BCUT2D eigenvalue weighted by molar-refractivity contribution is -0.130. The number of halogens is 3. The molecule has 2 aromatic heterocycles. The molecule has 0 unspecified atom stereocenters. The van der Waals surface area contributed by atoms with Crippen LogP contribution in [-0.2, 0) is 17.6 Å². The van der Waals surface area contributed by atoms with Crippen molar-refractivity contribution < 1.29 is 18.0 Å². The summed E-state index contributed by atoms with van der Waals surface area (Å²) in [6.45, 7) is 2.39. The van der Waals surface area contributed by atoms with Crippen molar-refractivity contribution in [2.75, 3.05) is 49.6 Å². The summed E-state index contributed by atoms with van der Waals surface area (Å²) in [5, 5.41) is 9.43. The fourth-order valence-corrected chi connectivity index (χ4v) is 4.97. The van der Waals surface area contributed by atoms with Gasteiger partial charge in [0.1, 0.15) is 23.5 Å². The van der Waals surface area contributed by atoms with Gasteiger partial charge in [-0.15, -0.1) is 11.3 Å². The van der Waals surface area contributed by atoms with E-state index in [1.807, 2.05) is 41.1 Å². The average molecular weight is 489 g/mol. The van der Waals surface area contributed by atoms with E-state index in [1.165, 1.54) is 12.4 Å². The molecular formula is C23H23F3N6OS. The highest BCUT2D eigenvalue weighted by atomic mass is 32.1. The van der Waals surface area contributed by atoms with Gasteiger partial charge >= 0.3 is 6.18 Å². The molecule has 4 rings (SSSR count).